The highest BCUT2D eigenvalue weighted by Gasteiger charge is 2.60. The van der Waals surface area contributed by atoms with Crippen LogP contribution in [-0.4, -0.2) is 63.0 Å². The normalized spacial score (nSPS) is 25.0. The third kappa shape index (κ3) is 4.28. The lowest BCUT2D eigenvalue weighted by atomic mass is 9.57. The van der Waals surface area contributed by atoms with Crippen molar-refractivity contribution >= 4 is 46.4 Å². The van der Waals surface area contributed by atoms with Crippen LogP contribution in [0.25, 0.3) is 0 Å². The maximum atomic E-state index is 15.3. The van der Waals surface area contributed by atoms with E-state index in [1.807, 2.05) is 11.9 Å². The Hall–Kier alpha value is -2.63. The van der Waals surface area contributed by atoms with E-state index >= 15 is 8.78 Å². The Morgan fingerprint density at radius 2 is 1.97 bits per heavy atom. The smallest absolute Gasteiger partial charge is 0.349 e. The van der Waals surface area contributed by atoms with Crippen LogP contribution >= 0.6 is 34.5 Å². The fraction of sp³-hybridized carbons (Fsp3) is 0.480. The monoisotopic (exact) mass is 581 g/mol. The van der Waals surface area contributed by atoms with Crippen LogP contribution < -0.4 is 0 Å². The van der Waals surface area contributed by atoms with E-state index in [9.17, 15) is 9.59 Å². The first-order chi connectivity index (χ1) is 18.1. The molecule has 1 saturated heterocycles. The van der Waals surface area contributed by atoms with Crippen LogP contribution in [0, 0.1) is 11.3 Å². The molecule has 38 heavy (non-hydrogen) atoms. The second kappa shape index (κ2) is 9.24. The molecule has 2 aliphatic carbocycles. The van der Waals surface area contributed by atoms with Gasteiger partial charge in [0.2, 0.25) is 11.8 Å². The van der Waals surface area contributed by atoms with Gasteiger partial charge >= 0.3 is 5.92 Å². The number of hydrogen-bond donors (Lipinski definition) is 0. The van der Waals surface area contributed by atoms with E-state index in [4.69, 9.17) is 27.6 Å². The molecule has 0 N–H and O–H groups in total. The summed E-state index contributed by atoms with van der Waals surface area (Å²) in [4.78, 5) is 34.1. The quantitative estimate of drug-likeness (QED) is 0.396. The summed E-state index contributed by atoms with van der Waals surface area (Å²) in [5, 5.41) is 7.83. The number of thiazole rings is 1. The molecule has 2 saturated carbocycles. The first-order valence-corrected chi connectivity index (χ1v) is 13.8. The van der Waals surface area contributed by atoms with Crippen LogP contribution in [0.4, 0.5) is 8.78 Å². The minimum Gasteiger partial charge on any atom is -0.419 e. The van der Waals surface area contributed by atoms with Crippen molar-refractivity contribution in [3.05, 3.63) is 62.2 Å². The van der Waals surface area contributed by atoms with Crippen molar-refractivity contribution < 1.29 is 22.8 Å². The number of rotatable bonds is 6. The first-order valence-electron chi connectivity index (χ1n) is 12.2. The SMILES string of the molecule is CN(C(=O)C1CC2(C1)CN(C(=O)c1cncs1)C[C@@H]2c1nnc(C(F)(F)c2ccc(Cl)c(Cl)c2)o1)C1CC1. The second-order valence-electron chi connectivity index (χ2n) is 10.4. The molecule has 200 valence electrons. The lowest BCUT2D eigenvalue weighted by Crippen LogP contribution is -2.50. The van der Waals surface area contributed by atoms with Gasteiger partial charge in [-0.1, -0.05) is 29.3 Å². The van der Waals surface area contributed by atoms with E-state index in [1.54, 1.807) is 10.4 Å². The molecule has 3 fully saturated rings. The molecule has 0 bridgehead atoms. The molecule has 2 aromatic heterocycles. The lowest BCUT2D eigenvalue weighted by Gasteiger charge is -2.47. The van der Waals surface area contributed by atoms with Gasteiger partial charge in [0.05, 0.1) is 27.7 Å². The Balaban J connectivity index is 1.28. The zero-order chi connectivity index (χ0) is 26.8. The Morgan fingerprint density at radius 1 is 1.21 bits per heavy atom. The van der Waals surface area contributed by atoms with Gasteiger partial charge in [-0.25, -0.2) is 0 Å². The Morgan fingerprint density at radius 3 is 2.63 bits per heavy atom. The van der Waals surface area contributed by atoms with Gasteiger partial charge in [-0.3, -0.25) is 14.6 Å². The van der Waals surface area contributed by atoms with Crippen molar-refractivity contribution in [2.24, 2.45) is 11.3 Å². The topological polar surface area (TPSA) is 92.4 Å². The highest BCUT2D eigenvalue weighted by atomic mass is 35.5. The molecule has 13 heteroatoms. The fourth-order valence-corrected chi connectivity index (χ4v) is 6.58. The maximum Gasteiger partial charge on any atom is 0.349 e. The number of alkyl halides is 2. The molecule has 8 nitrogen and oxygen atoms in total. The van der Waals surface area contributed by atoms with Crippen molar-refractivity contribution in [1.82, 2.24) is 25.0 Å². The standard InChI is InChI=1S/C25H23Cl2F2N5O3S/c1-33(15-3-4-15)21(35)13-7-24(8-13)11-34(22(36)19-9-30-12-38-19)10-16(24)20-31-32-23(37-20)25(28,29)14-2-5-17(26)18(27)6-14/h2,5-6,9,12-13,15-16H,3-4,7-8,10-11H2,1H3/t13?,16-,24?/m1/s1. The number of benzene rings is 1. The summed E-state index contributed by atoms with van der Waals surface area (Å²) in [6, 6.07) is 3.80. The van der Waals surface area contributed by atoms with Gasteiger partial charge in [0.1, 0.15) is 4.88 Å². The highest BCUT2D eigenvalue weighted by molar-refractivity contribution is 7.11. The number of carbonyl (C=O) groups excluding carboxylic acids is 2. The van der Waals surface area contributed by atoms with E-state index in [0.29, 0.717) is 30.3 Å². The van der Waals surface area contributed by atoms with Crippen molar-refractivity contribution in [2.75, 3.05) is 20.1 Å². The largest absolute Gasteiger partial charge is 0.419 e. The van der Waals surface area contributed by atoms with Gasteiger partial charge in [0, 0.05) is 43.1 Å². The number of carbonyl (C=O) groups is 2. The third-order valence-electron chi connectivity index (χ3n) is 7.97. The summed E-state index contributed by atoms with van der Waals surface area (Å²) in [5.41, 5.74) is 0.633. The summed E-state index contributed by atoms with van der Waals surface area (Å²) >= 11 is 13.1. The molecular weight excluding hydrogens is 559 g/mol. The van der Waals surface area contributed by atoms with E-state index in [0.717, 1.165) is 25.0 Å². The number of halogens is 4. The average molecular weight is 582 g/mol. The highest BCUT2D eigenvalue weighted by Crippen LogP contribution is 2.59. The fourth-order valence-electron chi connectivity index (χ4n) is 5.70. The Bertz CT molecular complexity index is 1390. The van der Waals surface area contributed by atoms with Crippen molar-refractivity contribution in [3.63, 3.8) is 0 Å². The number of nitrogens with zero attached hydrogens (tertiary/aromatic N) is 5. The second-order valence-corrected chi connectivity index (χ2v) is 12.1. The molecule has 1 aromatic carbocycles. The first kappa shape index (κ1) is 25.6. The predicted octanol–water partition coefficient (Wildman–Crippen LogP) is 5.23. The third-order valence-corrected chi connectivity index (χ3v) is 9.47. The van der Waals surface area contributed by atoms with Gasteiger partial charge in [-0.05, 0) is 37.8 Å². The van der Waals surface area contributed by atoms with Gasteiger partial charge < -0.3 is 14.2 Å². The Labute approximate surface area is 230 Å². The van der Waals surface area contributed by atoms with Crippen LogP contribution in [0.15, 0.2) is 34.3 Å². The van der Waals surface area contributed by atoms with Crippen LogP contribution in [0.2, 0.25) is 10.0 Å². The predicted molar refractivity (Wildman–Crippen MR) is 135 cm³/mol. The van der Waals surface area contributed by atoms with Crippen LogP contribution in [0.3, 0.4) is 0 Å². The zero-order valence-corrected chi connectivity index (χ0v) is 22.6. The van der Waals surface area contributed by atoms with E-state index < -0.39 is 28.7 Å². The molecular formula is C25H23Cl2F2N5O3S. The molecule has 1 spiro atoms. The van der Waals surface area contributed by atoms with E-state index in [-0.39, 0.29) is 40.2 Å². The molecule has 1 atom stereocenters. The van der Waals surface area contributed by atoms with Gasteiger partial charge in [-0.2, -0.15) is 8.78 Å². The molecule has 0 unspecified atom stereocenters. The Kier molecular flexibility index (Phi) is 6.23. The molecule has 3 aromatic rings. The van der Waals surface area contributed by atoms with E-state index in [1.165, 1.54) is 23.6 Å². The van der Waals surface area contributed by atoms with Crippen LogP contribution in [0.1, 0.15) is 58.6 Å². The number of aromatic nitrogens is 3. The van der Waals surface area contributed by atoms with Gasteiger partial charge in [0.25, 0.3) is 11.8 Å². The maximum absolute atomic E-state index is 15.3. The minimum atomic E-state index is -3.60. The summed E-state index contributed by atoms with van der Waals surface area (Å²) in [6.45, 7) is 0.586. The molecule has 1 aliphatic heterocycles. The van der Waals surface area contributed by atoms with Gasteiger partial charge in [0.15, 0.2) is 0 Å². The number of hydrogen-bond acceptors (Lipinski definition) is 7. The number of amides is 2. The van der Waals surface area contributed by atoms with Crippen molar-refractivity contribution in [1.29, 1.82) is 0 Å². The average Bonchev–Trinajstić information content (AvgIpc) is 3.27. The lowest BCUT2D eigenvalue weighted by molar-refractivity contribution is -0.143. The summed E-state index contributed by atoms with van der Waals surface area (Å²) in [6.07, 6.45) is 4.56. The minimum absolute atomic E-state index is 0.0168. The molecule has 3 heterocycles. The molecule has 0 radical (unpaired) electrons. The zero-order valence-electron chi connectivity index (χ0n) is 20.2. The van der Waals surface area contributed by atoms with Crippen LogP contribution in [0.5, 0.6) is 0 Å². The molecule has 3 aliphatic rings. The summed E-state index contributed by atoms with van der Waals surface area (Å²) < 4.78 is 36.2. The molecule has 6 rings (SSSR count). The van der Waals surface area contributed by atoms with Crippen LogP contribution in [-0.2, 0) is 10.7 Å². The van der Waals surface area contributed by atoms with Crippen molar-refractivity contribution in [2.45, 2.75) is 43.6 Å². The van der Waals surface area contributed by atoms with E-state index in [2.05, 4.69) is 15.2 Å². The summed E-state index contributed by atoms with van der Waals surface area (Å²) in [5.74, 6) is -5.23. The number of likely N-dealkylation sites (tertiary alicyclic amines) is 1. The van der Waals surface area contributed by atoms with Crippen molar-refractivity contribution in [3.8, 4) is 0 Å². The molecule has 2 amide bonds. The summed E-state index contributed by atoms with van der Waals surface area (Å²) in [7, 11) is 1.83. The van der Waals surface area contributed by atoms with Gasteiger partial charge in [-0.15, -0.1) is 21.5 Å².